The predicted octanol–water partition coefficient (Wildman–Crippen LogP) is 3.74. The van der Waals surface area contributed by atoms with Gasteiger partial charge in [0, 0.05) is 35.7 Å². The maximum absolute atomic E-state index is 2.84. The molecule has 0 amide bonds. The first-order valence-electron chi connectivity index (χ1n) is 6.70. The van der Waals surface area contributed by atoms with Gasteiger partial charge in [-0.1, -0.05) is 20.8 Å². The molecule has 0 aromatic carbocycles. The van der Waals surface area contributed by atoms with Crippen LogP contribution in [0.5, 0.6) is 0 Å². The number of nitrogens with zero attached hydrogens (tertiary/aromatic N) is 2. The van der Waals surface area contributed by atoms with Crippen LogP contribution in [0.3, 0.4) is 0 Å². The van der Waals surface area contributed by atoms with Gasteiger partial charge in [0.1, 0.15) is 0 Å². The molecule has 0 N–H and O–H groups in total. The van der Waals surface area contributed by atoms with Crippen LogP contribution in [-0.4, -0.2) is 8.90 Å². The van der Waals surface area contributed by atoms with Crippen molar-refractivity contribution in [3.8, 4) is 0 Å². The summed E-state index contributed by atoms with van der Waals surface area (Å²) in [7, 11) is 5.01. The molecule has 98 valence electrons. The van der Waals surface area contributed by atoms with Crippen LogP contribution < -0.4 is 0 Å². The molecule has 0 aliphatic heterocycles. The van der Waals surface area contributed by atoms with Gasteiger partial charge < -0.3 is 8.90 Å². The van der Waals surface area contributed by atoms with Crippen molar-refractivity contribution in [2.45, 2.75) is 39.5 Å². The summed E-state index contributed by atoms with van der Waals surface area (Å²) in [5.41, 5.74) is 5.51. The minimum Gasteiger partial charge on any atom is -0.351 e. The van der Waals surface area contributed by atoms with Crippen LogP contribution >= 0.6 is 9.39 Å². The molecule has 2 rings (SSSR count). The first-order chi connectivity index (χ1) is 8.60. The van der Waals surface area contributed by atoms with Gasteiger partial charge in [-0.3, -0.25) is 0 Å². The molecular formula is C15H23N2P. The van der Waals surface area contributed by atoms with Crippen LogP contribution in [0.25, 0.3) is 0 Å². The zero-order valence-electron chi connectivity index (χ0n) is 11.8. The number of hydrogen-bond donors (Lipinski definition) is 0. The third kappa shape index (κ3) is 2.14. The van der Waals surface area contributed by atoms with Gasteiger partial charge in [0.25, 0.3) is 0 Å². The largest absolute Gasteiger partial charge is 0.351 e. The molecule has 0 fully saturated rings. The van der Waals surface area contributed by atoms with E-state index >= 15 is 0 Å². The molecule has 0 radical (unpaired) electrons. The van der Waals surface area contributed by atoms with Crippen LogP contribution in [0, 0.1) is 0 Å². The Morgan fingerprint density at radius 3 is 2.06 bits per heavy atom. The molecule has 18 heavy (non-hydrogen) atoms. The van der Waals surface area contributed by atoms with Crippen LogP contribution in [0.4, 0.5) is 0 Å². The Morgan fingerprint density at radius 2 is 1.56 bits per heavy atom. The van der Waals surface area contributed by atoms with Crippen LogP contribution in [0.15, 0.2) is 24.3 Å². The Balaban J connectivity index is 2.38. The number of aryl methyl sites for hydroxylation is 2. The highest BCUT2D eigenvalue weighted by molar-refractivity contribution is 7.14. The number of aromatic nitrogens is 2. The highest BCUT2D eigenvalue weighted by Crippen LogP contribution is 2.28. The third-order valence-corrected chi connectivity index (χ3v) is 4.54. The molecule has 2 unspecified atom stereocenters. The summed E-state index contributed by atoms with van der Waals surface area (Å²) >= 11 is 0. The smallest absolute Gasteiger partial charge is 0.0370 e. The van der Waals surface area contributed by atoms with Gasteiger partial charge >= 0.3 is 0 Å². The average Bonchev–Trinajstić information content (AvgIpc) is 2.91. The summed E-state index contributed by atoms with van der Waals surface area (Å²) in [4.78, 5) is 0. The fourth-order valence-corrected chi connectivity index (χ4v) is 3.24. The summed E-state index contributed by atoms with van der Waals surface area (Å²) in [6.45, 7) is 6.68. The summed E-state index contributed by atoms with van der Waals surface area (Å²) in [6, 6.07) is 8.97. The lowest BCUT2D eigenvalue weighted by atomic mass is 10.0. The molecule has 2 heterocycles. The fourth-order valence-electron chi connectivity index (χ4n) is 2.66. The van der Waals surface area contributed by atoms with E-state index in [9.17, 15) is 0 Å². The second-order valence-corrected chi connectivity index (χ2v) is 5.37. The van der Waals surface area contributed by atoms with Gasteiger partial charge in [-0.2, -0.15) is 0 Å². The molecule has 0 bridgehead atoms. The van der Waals surface area contributed by atoms with E-state index in [0.717, 1.165) is 12.8 Å². The zero-order chi connectivity index (χ0) is 13.3. The van der Waals surface area contributed by atoms with E-state index in [2.05, 4.69) is 70.4 Å². The van der Waals surface area contributed by atoms with Crippen molar-refractivity contribution in [1.82, 2.24) is 8.90 Å². The van der Waals surface area contributed by atoms with E-state index in [1.807, 2.05) is 0 Å². The summed E-state index contributed by atoms with van der Waals surface area (Å²) in [5, 5.41) is 0. The molecule has 0 aliphatic carbocycles. The maximum Gasteiger partial charge on any atom is 0.0370 e. The number of rotatable bonds is 4. The number of hydrogen-bond acceptors (Lipinski definition) is 0. The SMILES string of the molecule is CCc1ccc(C(C)c2ccc(CC)n2P)n1C. The van der Waals surface area contributed by atoms with Crippen molar-refractivity contribution in [2.24, 2.45) is 7.05 Å². The predicted molar refractivity (Wildman–Crippen MR) is 81.2 cm³/mol. The highest BCUT2D eigenvalue weighted by atomic mass is 31.0. The molecule has 0 saturated heterocycles. The summed E-state index contributed by atoms with van der Waals surface area (Å²) in [5.74, 6) is 0.424. The third-order valence-electron chi connectivity index (χ3n) is 3.91. The normalized spacial score (nSPS) is 12.9. The highest BCUT2D eigenvalue weighted by Gasteiger charge is 2.16. The quantitative estimate of drug-likeness (QED) is 0.743. The van der Waals surface area contributed by atoms with Crippen LogP contribution in [-0.2, 0) is 19.9 Å². The van der Waals surface area contributed by atoms with E-state index in [1.165, 1.54) is 22.8 Å². The van der Waals surface area contributed by atoms with E-state index in [-0.39, 0.29) is 0 Å². The second-order valence-electron chi connectivity index (χ2n) is 4.86. The molecule has 2 atom stereocenters. The lowest BCUT2D eigenvalue weighted by Gasteiger charge is -2.16. The molecule has 2 aromatic heterocycles. The lowest BCUT2D eigenvalue weighted by molar-refractivity contribution is 0.719. The molecule has 0 aliphatic rings. The second kappa shape index (κ2) is 5.32. The van der Waals surface area contributed by atoms with Gasteiger partial charge in [0.05, 0.1) is 0 Å². The molecule has 0 saturated carbocycles. The summed E-state index contributed by atoms with van der Waals surface area (Å²) in [6.07, 6.45) is 2.16. The van der Waals surface area contributed by atoms with E-state index in [4.69, 9.17) is 0 Å². The van der Waals surface area contributed by atoms with E-state index < -0.39 is 0 Å². The van der Waals surface area contributed by atoms with Crippen molar-refractivity contribution in [2.75, 3.05) is 0 Å². The first-order valence-corrected chi connectivity index (χ1v) is 7.21. The Labute approximate surface area is 112 Å². The maximum atomic E-state index is 2.84. The Morgan fingerprint density at radius 1 is 1.00 bits per heavy atom. The standard InChI is InChI=1S/C15H23N2P/c1-5-12-7-9-14(16(12)4)11(3)15-10-8-13(6-2)17(15)18/h7-11H,5-6,18H2,1-4H3. The van der Waals surface area contributed by atoms with E-state index in [1.54, 1.807) is 0 Å². The minimum absolute atomic E-state index is 0.424. The van der Waals surface area contributed by atoms with Crippen LogP contribution in [0.1, 0.15) is 49.5 Å². The van der Waals surface area contributed by atoms with E-state index in [0.29, 0.717) is 5.92 Å². The first kappa shape index (κ1) is 13.4. The van der Waals surface area contributed by atoms with Gasteiger partial charge in [0.15, 0.2) is 0 Å². The van der Waals surface area contributed by atoms with Crippen LogP contribution in [0.2, 0.25) is 0 Å². The van der Waals surface area contributed by atoms with Gasteiger partial charge in [-0.25, -0.2) is 0 Å². The molecular weight excluding hydrogens is 239 g/mol. The van der Waals surface area contributed by atoms with Crippen molar-refractivity contribution in [1.29, 1.82) is 0 Å². The average molecular weight is 262 g/mol. The van der Waals surface area contributed by atoms with Gasteiger partial charge in [-0.15, -0.1) is 0 Å². The molecule has 0 spiro atoms. The van der Waals surface area contributed by atoms with Crippen molar-refractivity contribution in [3.63, 3.8) is 0 Å². The Kier molecular flexibility index (Phi) is 3.97. The topological polar surface area (TPSA) is 9.86 Å². The molecule has 3 heteroatoms. The van der Waals surface area contributed by atoms with Crippen molar-refractivity contribution in [3.05, 3.63) is 47.0 Å². The molecule has 2 nitrogen and oxygen atoms in total. The van der Waals surface area contributed by atoms with Crippen molar-refractivity contribution >= 4 is 9.39 Å². The van der Waals surface area contributed by atoms with Crippen molar-refractivity contribution < 1.29 is 0 Å². The Hall–Kier alpha value is -1.01. The minimum atomic E-state index is 0.424. The molecule has 2 aromatic rings. The Bertz CT molecular complexity index is 488. The zero-order valence-corrected chi connectivity index (χ0v) is 12.9. The van der Waals surface area contributed by atoms with Gasteiger partial charge in [0.2, 0.25) is 0 Å². The summed E-state index contributed by atoms with van der Waals surface area (Å²) < 4.78 is 4.58. The monoisotopic (exact) mass is 262 g/mol. The fraction of sp³-hybridized carbons (Fsp3) is 0.467. The van der Waals surface area contributed by atoms with Gasteiger partial charge in [-0.05, 0) is 46.5 Å². The lowest BCUT2D eigenvalue weighted by Crippen LogP contribution is -2.07.